The fraction of sp³-hybridized carbons (Fsp3) is 0.118. The summed E-state index contributed by atoms with van der Waals surface area (Å²) in [5.41, 5.74) is 3.29. The summed E-state index contributed by atoms with van der Waals surface area (Å²) < 4.78 is 0. The van der Waals surface area contributed by atoms with Crippen LogP contribution in [0, 0.1) is 0 Å². The van der Waals surface area contributed by atoms with E-state index in [0.717, 1.165) is 22.8 Å². The van der Waals surface area contributed by atoms with Crippen molar-refractivity contribution in [3.63, 3.8) is 0 Å². The third kappa shape index (κ3) is 6.22. The Balaban J connectivity index is 2.66. The van der Waals surface area contributed by atoms with Crippen LogP contribution in [-0.2, 0) is 4.79 Å². The normalized spacial score (nSPS) is 13.4. The van der Waals surface area contributed by atoms with Crippen molar-refractivity contribution in [3.05, 3.63) is 77.4 Å². The zero-order valence-electron chi connectivity index (χ0n) is 11.2. The van der Waals surface area contributed by atoms with Crippen LogP contribution >= 0.6 is 0 Å². The number of aliphatic carboxylic acids is 1. The highest BCUT2D eigenvalue weighted by Gasteiger charge is 1.90. The Morgan fingerprint density at radius 1 is 1.00 bits per heavy atom. The molecule has 2 heteroatoms. The predicted octanol–water partition coefficient (Wildman–Crippen LogP) is 4.23. The van der Waals surface area contributed by atoms with E-state index in [1.165, 1.54) is 6.08 Å². The van der Waals surface area contributed by atoms with Gasteiger partial charge in [-0.25, -0.2) is 4.79 Å². The standard InChI is InChI=1S/C17H18O2/c1-14(15(2)9-7-13-17(18)19)8-6-12-16-10-4-3-5-11-16/h3-13H,1-2H3,(H,18,19). The second-order valence-corrected chi connectivity index (χ2v) is 4.17. The van der Waals surface area contributed by atoms with Gasteiger partial charge in [0.15, 0.2) is 0 Å². The monoisotopic (exact) mass is 254 g/mol. The molecule has 0 aliphatic heterocycles. The maximum absolute atomic E-state index is 10.3. The lowest BCUT2D eigenvalue weighted by Gasteiger charge is -1.97. The van der Waals surface area contributed by atoms with Crippen molar-refractivity contribution >= 4 is 12.0 Å². The predicted molar refractivity (Wildman–Crippen MR) is 79.8 cm³/mol. The minimum Gasteiger partial charge on any atom is -0.478 e. The molecule has 2 nitrogen and oxygen atoms in total. The number of rotatable bonds is 5. The largest absolute Gasteiger partial charge is 0.478 e. The molecule has 0 aliphatic rings. The van der Waals surface area contributed by atoms with Crippen LogP contribution < -0.4 is 0 Å². The molecule has 98 valence electrons. The van der Waals surface area contributed by atoms with Crippen LogP contribution in [0.25, 0.3) is 6.08 Å². The fourth-order valence-corrected chi connectivity index (χ4v) is 1.41. The molecule has 1 aromatic rings. The van der Waals surface area contributed by atoms with Crippen molar-refractivity contribution in [2.45, 2.75) is 13.8 Å². The van der Waals surface area contributed by atoms with Gasteiger partial charge in [0.2, 0.25) is 0 Å². The zero-order chi connectivity index (χ0) is 14.1. The van der Waals surface area contributed by atoms with E-state index in [-0.39, 0.29) is 0 Å². The van der Waals surface area contributed by atoms with Crippen molar-refractivity contribution in [2.24, 2.45) is 0 Å². The molecule has 1 aromatic carbocycles. The summed E-state index contributed by atoms with van der Waals surface area (Å²) in [6.45, 7) is 3.95. The van der Waals surface area contributed by atoms with Crippen molar-refractivity contribution < 1.29 is 9.90 Å². The second kappa shape index (κ2) is 7.88. The Morgan fingerprint density at radius 3 is 2.16 bits per heavy atom. The molecule has 0 heterocycles. The Labute approximate surface area is 114 Å². The Morgan fingerprint density at radius 2 is 1.58 bits per heavy atom. The van der Waals surface area contributed by atoms with E-state index in [4.69, 9.17) is 5.11 Å². The highest BCUT2D eigenvalue weighted by atomic mass is 16.4. The number of carboxylic acid groups (broad SMARTS) is 1. The molecule has 1 N–H and O–H groups in total. The smallest absolute Gasteiger partial charge is 0.328 e. The molecule has 0 radical (unpaired) electrons. The third-order valence-electron chi connectivity index (χ3n) is 2.64. The summed E-state index contributed by atoms with van der Waals surface area (Å²) in [4.78, 5) is 10.3. The zero-order valence-corrected chi connectivity index (χ0v) is 11.2. The summed E-state index contributed by atoms with van der Waals surface area (Å²) in [6, 6.07) is 10.1. The van der Waals surface area contributed by atoms with E-state index >= 15 is 0 Å². The van der Waals surface area contributed by atoms with Gasteiger partial charge in [-0.1, -0.05) is 60.7 Å². The van der Waals surface area contributed by atoms with Crippen molar-refractivity contribution in [1.29, 1.82) is 0 Å². The van der Waals surface area contributed by atoms with Gasteiger partial charge in [-0.3, -0.25) is 0 Å². The molecule has 19 heavy (non-hydrogen) atoms. The first-order valence-corrected chi connectivity index (χ1v) is 6.08. The number of carboxylic acids is 1. The number of carbonyl (C=O) groups is 1. The van der Waals surface area contributed by atoms with Crippen molar-refractivity contribution in [2.75, 3.05) is 0 Å². The molecule has 0 fully saturated rings. The SMILES string of the molecule is CC(=CC=CC(=O)O)C(C)=CC=Cc1ccccc1. The van der Waals surface area contributed by atoms with Gasteiger partial charge in [-0.05, 0) is 30.6 Å². The molecule has 0 atom stereocenters. The number of allylic oxidation sites excluding steroid dienone is 6. The highest BCUT2D eigenvalue weighted by molar-refractivity contribution is 5.80. The van der Waals surface area contributed by atoms with E-state index in [9.17, 15) is 4.79 Å². The molecule has 0 bridgehead atoms. The van der Waals surface area contributed by atoms with Crippen LogP contribution in [-0.4, -0.2) is 11.1 Å². The summed E-state index contributed by atoms with van der Waals surface area (Å²) in [6.07, 6.45) is 10.5. The Kier molecular flexibility index (Phi) is 6.10. The van der Waals surface area contributed by atoms with E-state index < -0.39 is 5.97 Å². The average molecular weight is 254 g/mol. The lowest BCUT2D eigenvalue weighted by Crippen LogP contribution is -1.85. The topological polar surface area (TPSA) is 37.3 Å². The maximum Gasteiger partial charge on any atom is 0.328 e. The van der Waals surface area contributed by atoms with Gasteiger partial charge in [0.05, 0.1) is 0 Å². The molecule has 0 unspecified atom stereocenters. The first-order chi connectivity index (χ1) is 9.09. The average Bonchev–Trinajstić information content (AvgIpc) is 2.39. The first kappa shape index (κ1) is 14.7. The van der Waals surface area contributed by atoms with Gasteiger partial charge in [-0.15, -0.1) is 0 Å². The third-order valence-corrected chi connectivity index (χ3v) is 2.64. The number of hydrogen-bond acceptors (Lipinski definition) is 1. The number of benzene rings is 1. The van der Waals surface area contributed by atoms with Gasteiger partial charge in [0.25, 0.3) is 0 Å². The van der Waals surface area contributed by atoms with Crippen LogP contribution in [0.3, 0.4) is 0 Å². The molecule has 0 saturated carbocycles. The van der Waals surface area contributed by atoms with Gasteiger partial charge in [0.1, 0.15) is 0 Å². The molecule has 0 spiro atoms. The first-order valence-electron chi connectivity index (χ1n) is 6.08. The van der Waals surface area contributed by atoms with Crippen LogP contribution in [0.2, 0.25) is 0 Å². The van der Waals surface area contributed by atoms with E-state index in [1.807, 2.05) is 62.4 Å². The molecule has 1 rings (SSSR count). The minimum absolute atomic E-state index is 0.936. The summed E-state index contributed by atoms with van der Waals surface area (Å²) in [5, 5.41) is 8.49. The minimum atomic E-state index is -0.936. The second-order valence-electron chi connectivity index (χ2n) is 4.17. The fourth-order valence-electron chi connectivity index (χ4n) is 1.41. The summed E-state index contributed by atoms with van der Waals surface area (Å²) >= 11 is 0. The van der Waals surface area contributed by atoms with Gasteiger partial charge in [-0.2, -0.15) is 0 Å². The van der Waals surface area contributed by atoms with Crippen LogP contribution in [0.5, 0.6) is 0 Å². The molecule has 0 aromatic heterocycles. The molecular formula is C17H18O2. The molecule has 0 aliphatic carbocycles. The quantitative estimate of drug-likeness (QED) is 0.630. The van der Waals surface area contributed by atoms with E-state index in [0.29, 0.717) is 0 Å². The molecule has 0 saturated heterocycles. The Bertz CT molecular complexity index is 532. The lowest BCUT2D eigenvalue weighted by molar-refractivity contribution is -0.131. The van der Waals surface area contributed by atoms with Crippen LogP contribution in [0.1, 0.15) is 19.4 Å². The van der Waals surface area contributed by atoms with Gasteiger partial charge < -0.3 is 5.11 Å². The lowest BCUT2D eigenvalue weighted by atomic mass is 10.1. The van der Waals surface area contributed by atoms with E-state index in [2.05, 4.69) is 0 Å². The van der Waals surface area contributed by atoms with Gasteiger partial charge >= 0.3 is 5.97 Å². The number of hydrogen-bond donors (Lipinski definition) is 1. The molecule has 0 amide bonds. The van der Waals surface area contributed by atoms with Crippen LogP contribution in [0.15, 0.2) is 71.9 Å². The highest BCUT2D eigenvalue weighted by Crippen LogP contribution is 2.09. The summed E-state index contributed by atoms with van der Waals surface area (Å²) in [7, 11) is 0. The van der Waals surface area contributed by atoms with Gasteiger partial charge in [0, 0.05) is 6.08 Å². The Hall–Kier alpha value is -2.35. The molecular weight excluding hydrogens is 236 g/mol. The van der Waals surface area contributed by atoms with E-state index in [1.54, 1.807) is 6.08 Å². The maximum atomic E-state index is 10.3. The summed E-state index contributed by atoms with van der Waals surface area (Å²) in [5.74, 6) is -0.936. The van der Waals surface area contributed by atoms with Crippen molar-refractivity contribution in [1.82, 2.24) is 0 Å². The van der Waals surface area contributed by atoms with Crippen LogP contribution in [0.4, 0.5) is 0 Å². The van der Waals surface area contributed by atoms with Crippen molar-refractivity contribution in [3.8, 4) is 0 Å².